The molecule has 8 heteroatoms. The average molecular weight is 725 g/mol. The minimum Gasteiger partial charge on any atom is -0.481 e. The topological polar surface area (TPSA) is 105 Å². The van der Waals surface area contributed by atoms with E-state index < -0.39 is 11.4 Å². The van der Waals surface area contributed by atoms with E-state index in [4.69, 9.17) is 9.47 Å². The Hall–Kier alpha value is -1.93. The minimum atomic E-state index is -0.883. The molecule has 5 aliphatic carbocycles. The van der Waals surface area contributed by atoms with Crippen molar-refractivity contribution in [2.24, 2.45) is 62.1 Å². The molecule has 0 aromatic carbocycles. The lowest BCUT2D eigenvalue weighted by Crippen LogP contribution is -2.67. The van der Waals surface area contributed by atoms with Crippen molar-refractivity contribution in [2.75, 3.05) is 33.3 Å². The summed E-state index contributed by atoms with van der Waals surface area (Å²) in [6, 6.07) is 0. The SMILES string of the molecule is C=C(C)[C@@H]1CC[C@]2(CC(=O)NCC3CN(C)CCO3)CC[C@]3(C)[C@H](CC[C@@H]4[C@@]5(C)CC[C@H](OC(=O)CC(C)(C)CC(=O)O)C(C)(C)[C@@H]5CC[C@]43C)[C@@H]12. The first-order valence-corrected chi connectivity index (χ1v) is 20.8. The molecule has 1 heterocycles. The molecule has 0 radical (unpaired) electrons. The molecule has 1 aliphatic heterocycles. The van der Waals surface area contributed by atoms with E-state index in [1.807, 2.05) is 13.8 Å². The van der Waals surface area contributed by atoms with E-state index in [0.29, 0.717) is 42.6 Å². The van der Waals surface area contributed by atoms with Crippen LogP contribution in [0.1, 0.15) is 139 Å². The number of carbonyl (C=O) groups is 3. The van der Waals surface area contributed by atoms with Crippen LogP contribution in [0.3, 0.4) is 0 Å². The highest BCUT2D eigenvalue weighted by molar-refractivity contribution is 5.77. The van der Waals surface area contributed by atoms with Gasteiger partial charge in [0.25, 0.3) is 0 Å². The molecule has 0 bridgehead atoms. The summed E-state index contributed by atoms with van der Waals surface area (Å²) in [6.45, 7) is 26.2. The number of rotatable bonds is 10. The van der Waals surface area contributed by atoms with Crippen LogP contribution in [0.4, 0.5) is 0 Å². The number of hydrogen-bond acceptors (Lipinski definition) is 6. The number of hydrogen-bond donors (Lipinski definition) is 2. The molecule has 6 aliphatic rings. The number of morpholine rings is 1. The Morgan fingerprint density at radius 3 is 2.33 bits per heavy atom. The van der Waals surface area contributed by atoms with Crippen molar-refractivity contribution in [2.45, 2.75) is 151 Å². The molecule has 6 rings (SSSR count). The van der Waals surface area contributed by atoms with E-state index >= 15 is 0 Å². The summed E-state index contributed by atoms with van der Waals surface area (Å²) < 4.78 is 12.3. The minimum absolute atomic E-state index is 0.0371. The highest BCUT2D eigenvalue weighted by atomic mass is 16.5. The zero-order valence-corrected chi connectivity index (χ0v) is 34.2. The molecule has 5 saturated carbocycles. The second kappa shape index (κ2) is 14.0. The zero-order valence-electron chi connectivity index (χ0n) is 34.2. The number of amides is 1. The van der Waals surface area contributed by atoms with Gasteiger partial charge in [0.15, 0.2) is 0 Å². The number of likely N-dealkylation sites (N-methyl/N-ethyl adjacent to an activating group) is 1. The van der Waals surface area contributed by atoms with Crippen LogP contribution in [0.15, 0.2) is 12.2 Å². The maximum absolute atomic E-state index is 13.8. The van der Waals surface area contributed by atoms with Crippen LogP contribution in [0, 0.1) is 62.1 Å². The largest absolute Gasteiger partial charge is 0.481 e. The lowest BCUT2D eigenvalue weighted by atomic mass is 9.32. The van der Waals surface area contributed by atoms with E-state index in [-0.39, 0.29) is 64.0 Å². The smallest absolute Gasteiger partial charge is 0.306 e. The fraction of sp³-hybridized carbons (Fsp3) is 0.886. The Labute approximate surface area is 315 Å². The number of carboxylic acid groups (broad SMARTS) is 1. The average Bonchev–Trinajstić information content (AvgIpc) is 3.40. The fourth-order valence-corrected chi connectivity index (χ4v) is 14.4. The van der Waals surface area contributed by atoms with Crippen LogP contribution in [0.25, 0.3) is 0 Å². The summed E-state index contributed by atoms with van der Waals surface area (Å²) in [5.41, 5.74) is 1.08. The van der Waals surface area contributed by atoms with E-state index in [1.165, 1.54) is 31.3 Å². The van der Waals surface area contributed by atoms with Crippen LogP contribution < -0.4 is 5.32 Å². The summed E-state index contributed by atoms with van der Waals surface area (Å²) in [6.07, 6.45) is 11.9. The third-order valence-corrected chi connectivity index (χ3v) is 17.1. The molecule has 52 heavy (non-hydrogen) atoms. The predicted octanol–water partition coefficient (Wildman–Crippen LogP) is 8.28. The van der Waals surface area contributed by atoms with Crippen LogP contribution in [-0.4, -0.2) is 73.3 Å². The third kappa shape index (κ3) is 6.81. The van der Waals surface area contributed by atoms with Gasteiger partial charge in [-0.2, -0.15) is 0 Å². The Bertz CT molecular complexity index is 1410. The van der Waals surface area contributed by atoms with Gasteiger partial charge in [-0.25, -0.2) is 0 Å². The van der Waals surface area contributed by atoms with Gasteiger partial charge >= 0.3 is 11.9 Å². The van der Waals surface area contributed by atoms with Gasteiger partial charge in [0, 0.05) is 31.5 Å². The highest BCUT2D eigenvalue weighted by Gasteiger charge is 2.71. The quantitative estimate of drug-likeness (QED) is 0.173. The van der Waals surface area contributed by atoms with Crippen LogP contribution in [-0.2, 0) is 23.9 Å². The van der Waals surface area contributed by atoms with Gasteiger partial charge in [-0.3, -0.25) is 14.4 Å². The molecule has 0 spiro atoms. The lowest BCUT2D eigenvalue weighted by molar-refractivity contribution is -0.250. The molecule has 6 fully saturated rings. The maximum atomic E-state index is 13.8. The number of nitrogens with one attached hydrogen (secondary N) is 1. The zero-order chi connectivity index (χ0) is 38.1. The first-order valence-electron chi connectivity index (χ1n) is 20.8. The Balaban J connectivity index is 1.19. The van der Waals surface area contributed by atoms with Crippen molar-refractivity contribution in [3.8, 4) is 0 Å². The number of carboxylic acids is 1. The van der Waals surface area contributed by atoms with Gasteiger partial charge in [0.05, 0.1) is 25.6 Å². The van der Waals surface area contributed by atoms with Crippen molar-refractivity contribution in [1.82, 2.24) is 10.2 Å². The Morgan fingerprint density at radius 2 is 1.65 bits per heavy atom. The molecule has 1 unspecified atom stereocenters. The van der Waals surface area contributed by atoms with Gasteiger partial charge in [0.1, 0.15) is 6.10 Å². The Kier molecular flexibility index (Phi) is 10.7. The standard InChI is InChI=1S/C44H72N2O6/c1-28(2)30-13-18-44(23-35(47)45-26-29-27-46(10)21-22-51-29)20-19-42(8)31(38(30)44)11-12-33-41(7)16-15-34(40(5,6)32(41)14-17-43(33,42)9)52-37(50)25-39(3,4)24-36(48)49/h29-34,38H,1,11-27H2,2-10H3,(H,45,47)(H,48,49)/t29?,30-,31+,32-,33+,34-,38+,41-,42+,43+,44+/m0/s1. The summed E-state index contributed by atoms with van der Waals surface area (Å²) in [4.78, 5) is 40.7. The lowest BCUT2D eigenvalue weighted by Gasteiger charge is -2.73. The first-order chi connectivity index (χ1) is 24.2. The molecule has 294 valence electrons. The molecule has 0 aromatic rings. The number of aliphatic carboxylic acids is 1. The summed E-state index contributed by atoms with van der Waals surface area (Å²) in [7, 11) is 2.12. The second-order valence-electron chi connectivity index (χ2n) is 21.0. The van der Waals surface area contributed by atoms with Crippen molar-refractivity contribution in [3.63, 3.8) is 0 Å². The molecular weight excluding hydrogens is 652 g/mol. The molecule has 11 atom stereocenters. The molecule has 2 N–H and O–H groups in total. The number of carbonyl (C=O) groups excluding carboxylic acids is 2. The highest BCUT2D eigenvalue weighted by Crippen LogP contribution is 2.78. The normalized spacial score (nSPS) is 42.9. The molecular formula is C44H72N2O6. The monoisotopic (exact) mass is 725 g/mol. The maximum Gasteiger partial charge on any atom is 0.306 e. The fourth-order valence-electron chi connectivity index (χ4n) is 14.4. The number of allylic oxidation sites excluding steroid dienone is 1. The molecule has 8 nitrogen and oxygen atoms in total. The predicted molar refractivity (Wildman–Crippen MR) is 204 cm³/mol. The molecule has 0 aromatic heterocycles. The van der Waals surface area contributed by atoms with E-state index in [1.54, 1.807) is 0 Å². The van der Waals surface area contributed by atoms with E-state index in [9.17, 15) is 19.5 Å². The number of nitrogens with zero attached hydrogens (tertiary/aromatic N) is 1. The van der Waals surface area contributed by atoms with Gasteiger partial charge in [-0.05, 0) is 135 Å². The van der Waals surface area contributed by atoms with Crippen molar-refractivity contribution >= 4 is 17.8 Å². The van der Waals surface area contributed by atoms with Crippen LogP contribution in [0.5, 0.6) is 0 Å². The van der Waals surface area contributed by atoms with E-state index in [0.717, 1.165) is 58.2 Å². The van der Waals surface area contributed by atoms with Crippen LogP contribution in [0.2, 0.25) is 0 Å². The Morgan fingerprint density at radius 1 is 0.923 bits per heavy atom. The van der Waals surface area contributed by atoms with Crippen molar-refractivity contribution in [1.29, 1.82) is 0 Å². The molecule has 1 saturated heterocycles. The van der Waals surface area contributed by atoms with Gasteiger partial charge in [0.2, 0.25) is 5.91 Å². The first kappa shape index (κ1) is 39.8. The van der Waals surface area contributed by atoms with Gasteiger partial charge < -0.3 is 24.8 Å². The van der Waals surface area contributed by atoms with Gasteiger partial charge in [-0.15, -0.1) is 0 Å². The summed E-state index contributed by atoms with van der Waals surface area (Å²) in [5, 5.41) is 12.7. The van der Waals surface area contributed by atoms with Crippen molar-refractivity contribution in [3.05, 3.63) is 12.2 Å². The van der Waals surface area contributed by atoms with E-state index in [2.05, 4.69) is 65.4 Å². The van der Waals surface area contributed by atoms with Crippen molar-refractivity contribution < 1.29 is 29.0 Å². The number of esters is 1. The second-order valence-corrected chi connectivity index (χ2v) is 21.0. The number of fused-ring (bicyclic) bond motifs is 7. The van der Waals surface area contributed by atoms with Crippen LogP contribution >= 0.6 is 0 Å². The number of ether oxygens (including phenoxy) is 2. The summed E-state index contributed by atoms with van der Waals surface area (Å²) in [5.74, 6) is 1.65. The molecule has 1 amide bonds. The third-order valence-electron chi connectivity index (χ3n) is 17.1. The summed E-state index contributed by atoms with van der Waals surface area (Å²) >= 11 is 0. The van der Waals surface area contributed by atoms with Gasteiger partial charge in [-0.1, -0.05) is 60.6 Å².